The molecule has 1 aromatic heterocycles. The number of carbonyl (C=O) groups excluding carboxylic acids is 1. The Morgan fingerprint density at radius 3 is 2.62 bits per heavy atom. The lowest BCUT2D eigenvalue weighted by Gasteiger charge is -1.99. The number of aromatic nitrogens is 2. The fourth-order valence-corrected chi connectivity index (χ4v) is 1.68. The second-order valence-corrected chi connectivity index (χ2v) is 4.57. The first-order chi connectivity index (χ1) is 10.0. The van der Waals surface area contributed by atoms with Gasteiger partial charge in [0.25, 0.3) is 5.56 Å². The van der Waals surface area contributed by atoms with E-state index in [2.05, 4.69) is 15.5 Å². The Morgan fingerprint density at radius 1 is 1.24 bits per heavy atom. The molecule has 0 bridgehead atoms. The number of hydrazone groups is 1. The van der Waals surface area contributed by atoms with Crippen molar-refractivity contribution in [1.82, 2.24) is 15.4 Å². The van der Waals surface area contributed by atoms with Gasteiger partial charge in [-0.1, -0.05) is 23.7 Å². The lowest BCUT2D eigenvalue weighted by molar-refractivity contribution is -0.120. The average Bonchev–Trinajstić information content (AvgIpc) is 2.39. The largest absolute Gasteiger partial charge is 0.325 e. The van der Waals surface area contributed by atoms with E-state index in [1.807, 2.05) is 4.98 Å². The van der Waals surface area contributed by atoms with E-state index in [1.54, 1.807) is 24.3 Å². The van der Waals surface area contributed by atoms with E-state index in [4.69, 9.17) is 11.6 Å². The van der Waals surface area contributed by atoms with Gasteiger partial charge in [0.2, 0.25) is 5.91 Å². The van der Waals surface area contributed by atoms with Crippen LogP contribution in [0.15, 0.2) is 45.0 Å². The minimum absolute atomic E-state index is 0.156. The molecular formula is C13H11ClN4O3. The van der Waals surface area contributed by atoms with Gasteiger partial charge in [-0.15, -0.1) is 0 Å². The number of hydrogen-bond acceptors (Lipinski definition) is 4. The monoisotopic (exact) mass is 306 g/mol. The molecule has 0 aliphatic rings. The van der Waals surface area contributed by atoms with Crippen molar-refractivity contribution in [1.29, 1.82) is 0 Å². The normalized spacial score (nSPS) is 10.7. The lowest BCUT2D eigenvalue weighted by Crippen LogP contribution is -2.26. The number of nitrogens with one attached hydrogen (secondary N) is 3. The molecule has 21 heavy (non-hydrogen) atoms. The maximum absolute atomic E-state index is 11.6. The molecule has 108 valence electrons. The van der Waals surface area contributed by atoms with Crippen LogP contribution in [0.25, 0.3) is 0 Å². The van der Waals surface area contributed by atoms with Crippen LogP contribution in [0.2, 0.25) is 5.02 Å². The summed E-state index contributed by atoms with van der Waals surface area (Å²) < 4.78 is 0. The number of rotatable bonds is 4. The number of H-pyrrole nitrogens is 2. The number of hydrogen-bond donors (Lipinski definition) is 3. The Kier molecular flexibility index (Phi) is 4.68. The molecule has 0 saturated carbocycles. The van der Waals surface area contributed by atoms with Gasteiger partial charge in [-0.25, -0.2) is 10.2 Å². The van der Waals surface area contributed by atoms with Crippen LogP contribution >= 0.6 is 11.6 Å². The van der Waals surface area contributed by atoms with Gasteiger partial charge in [0.1, 0.15) is 0 Å². The van der Waals surface area contributed by atoms with Crippen molar-refractivity contribution in [3.63, 3.8) is 0 Å². The molecule has 1 amide bonds. The maximum atomic E-state index is 11.6. The Morgan fingerprint density at radius 2 is 1.95 bits per heavy atom. The topological polar surface area (TPSA) is 107 Å². The summed E-state index contributed by atoms with van der Waals surface area (Å²) >= 11 is 5.74. The Hall–Kier alpha value is -2.67. The van der Waals surface area contributed by atoms with Crippen LogP contribution in [0.3, 0.4) is 0 Å². The van der Waals surface area contributed by atoms with Gasteiger partial charge >= 0.3 is 5.69 Å². The quantitative estimate of drug-likeness (QED) is 0.562. The number of aromatic amines is 2. The van der Waals surface area contributed by atoms with E-state index in [1.165, 1.54) is 6.21 Å². The van der Waals surface area contributed by atoms with Crippen molar-refractivity contribution in [3.05, 3.63) is 67.4 Å². The summed E-state index contributed by atoms with van der Waals surface area (Å²) in [5, 5.41) is 4.37. The number of halogens is 1. The van der Waals surface area contributed by atoms with E-state index in [9.17, 15) is 14.4 Å². The van der Waals surface area contributed by atoms with E-state index < -0.39 is 17.2 Å². The zero-order valence-electron chi connectivity index (χ0n) is 10.7. The van der Waals surface area contributed by atoms with Crippen LogP contribution in [0, 0.1) is 0 Å². The first-order valence-corrected chi connectivity index (χ1v) is 6.31. The van der Waals surface area contributed by atoms with E-state index >= 15 is 0 Å². The van der Waals surface area contributed by atoms with Gasteiger partial charge in [0.15, 0.2) is 0 Å². The van der Waals surface area contributed by atoms with Crippen molar-refractivity contribution in [2.75, 3.05) is 0 Å². The molecule has 0 saturated heterocycles. The maximum Gasteiger partial charge on any atom is 0.325 e. The molecule has 7 nitrogen and oxygen atoms in total. The van der Waals surface area contributed by atoms with Crippen molar-refractivity contribution < 1.29 is 4.79 Å². The molecule has 1 heterocycles. The molecular weight excluding hydrogens is 296 g/mol. The van der Waals surface area contributed by atoms with Gasteiger partial charge in [-0.3, -0.25) is 14.6 Å². The van der Waals surface area contributed by atoms with Gasteiger partial charge in [-0.05, 0) is 17.7 Å². The molecule has 0 aliphatic carbocycles. The summed E-state index contributed by atoms with van der Waals surface area (Å²) in [6, 6.07) is 8.03. The Bertz CT molecular complexity index is 749. The van der Waals surface area contributed by atoms with E-state index in [-0.39, 0.29) is 12.1 Å². The first kappa shape index (κ1) is 14.7. The SMILES string of the molecule is O=C(Cc1cc(=O)[nH]c(=O)[nH]1)NN=Cc1ccc(Cl)cc1. The summed E-state index contributed by atoms with van der Waals surface area (Å²) in [5.74, 6) is -0.457. The highest BCUT2D eigenvalue weighted by molar-refractivity contribution is 6.30. The Balaban J connectivity index is 1.94. The van der Waals surface area contributed by atoms with Gasteiger partial charge in [0, 0.05) is 16.8 Å². The van der Waals surface area contributed by atoms with Crippen LogP contribution in [-0.4, -0.2) is 22.1 Å². The summed E-state index contributed by atoms with van der Waals surface area (Å²) in [7, 11) is 0. The minimum atomic E-state index is -0.657. The predicted molar refractivity (Wildman–Crippen MR) is 78.6 cm³/mol. The van der Waals surface area contributed by atoms with Crippen LogP contribution in [0.4, 0.5) is 0 Å². The fraction of sp³-hybridized carbons (Fsp3) is 0.0769. The third-order valence-corrected chi connectivity index (χ3v) is 2.69. The molecule has 2 rings (SSSR count). The zero-order valence-corrected chi connectivity index (χ0v) is 11.5. The van der Waals surface area contributed by atoms with Crippen molar-refractivity contribution in [2.24, 2.45) is 5.10 Å². The summed E-state index contributed by atoms with van der Waals surface area (Å²) in [5.41, 5.74) is 2.05. The summed E-state index contributed by atoms with van der Waals surface area (Å²) in [4.78, 5) is 38.1. The molecule has 8 heteroatoms. The van der Waals surface area contributed by atoms with Crippen LogP contribution in [-0.2, 0) is 11.2 Å². The van der Waals surface area contributed by atoms with Crippen LogP contribution in [0.5, 0.6) is 0 Å². The zero-order chi connectivity index (χ0) is 15.2. The number of benzene rings is 1. The van der Waals surface area contributed by atoms with E-state index in [0.29, 0.717) is 5.02 Å². The standard InChI is InChI=1S/C13H11ClN4O3/c14-9-3-1-8(2-4-9)7-15-18-12(20)6-10-5-11(19)17-13(21)16-10/h1-5,7H,6H2,(H,18,20)(H2,16,17,19,21). The predicted octanol–water partition coefficient (Wildman–Crippen LogP) is 0.409. The smallest absolute Gasteiger partial charge is 0.311 e. The van der Waals surface area contributed by atoms with Crippen molar-refractivity contribution in [3.8, 4) is 0 Å². The minimum Gasteiger partial charge on any atom is -0.311 e. The second-order valence-electron chi connectivity index (χ2n) is 4.13. The number of carbonyl (C=O) groups is 1. The molecule has 2 aromatic rings. The molecule has 0 atom stereocenters. The average molecular weight is 307 g/mol. The van der Waals surface area contributed by atoms with Crippen molar-refractivity contribution >= 4 is 23.7 Å². The van der Waals surface area contributed by atoms with Gasteiger partial charge in [0.05, 0.1) is 12.6 Å². The third-order valence-electron chi connectivity index (χ3n) is 2.44. The van der Waals surface area contributed by atoms with Crippen LogP contribution < -0.4 is 16.7 Å². The summed E-state index contributed by atoms with van der Waals surface area (Å²) in [6.07, 6.45) is 1.30. The summed E-state index contributed by atoms with van der Waals surface area (Å²) in [6.45, 7) is 0. The molecule has 0 radical (unpaired) electrons. The van der Waals surface area contributed by atoms with E-state index in [0.717, 1.165) is 11.6 Å². The Labute approximate surface area is 123 Å². The fourth-order valence-electron chi connectivity index (χ4n) is 1.55. The molecule has 0 aliphatic heterocycles. The molecule has 0 unspecified atom stereocenters. The highest BCUT2D eigenvalue weighted by Crippen LogP contribution is 2.07. The first-order valence-electron chi connectivity index (χ1n) is 5.93. The third kappa shape index (κ3) is 4.73. The van der Waals surface area contributed by atoms with Gasteiger partial charge in [-0.2, -0.15) is 5.10 Å². The molecule has 0 fully saturated rings. The highest BCUT2D eigenvalue weighted by Gasteiger charge is 2.04. The molecule has 1 aromatic carbocycles. The highest BCUT2D eigenvalue weighted by atomic mass is 35.5. The molecule has 0 spiro atoms. The molecule has 3 N–H and O–H groups in total. The number of nitrogens with zero attached hydrogens (tertiary/aromatic N) is 1. The number of amides is 1. The lowest BCUT2D eigenvalue weighted by atomic mass is 10.2. The second kappa shape index (κ2) is 6.67. The van der Waals surface area contributed by atoms with Crippen LogP contribution in [0.1, 0.15) is 11.3 Å². The van der Waals surface area contributed by atoms with Gasteiger partial charge < -0.3 is 4.98 Å². The van der Waals surface area contributed by atoms with Crippen molar-refractivity contribution in [2.45, 2.75) is 6.42 Å².